The maximum Gasteiger partial charge on any atom is 0.285 e. The second kappa shape index (κ2) is 6.24. The minimum Gasteiger partial charge on any atom is -0.396 e. The highest BCUT2D eigenvalue weighted by Gasteiger charge is 2.24. The van der Waals surface area contributed by atoms with Crippen LogP contribution in [-0.4, -0.2) is 28.6 Å². The average molecular weight is 270 g/mol. The molecule has 1 rings (SSSR count). The number of aliphatic hydroxyl groups excluding tert-OH is 1. The molecule has 0 radical (unpaired) electrons. The highest BCUT2D eigenvalue weighted by Crippen LogP contribution is 2.24. The van der Waals surface area contributed by atoms with Crippen molar-refractivity contribution < 1.29 is 19.2 Å². The molecule has 1 atom stereocenters. The third kappa shape index (κ3) is 3.72. The number of nitrogens with zero attached hydrogens (tertiary/aromatic N) is 1. The van der Waals surface area contributed by atoms with Crippen LogP contribution >= 0.6 is 0 Å². The quantitative estimate of drug-likeness (QED) is 0.627. The topological polar surface area (TPSA) is 92.5 Å². The van der Waals surface area contributed by atoms with E-state index in [0.29, 0.717) is 6.42 Å². The number of nitro benzene ring substituents is 1. The third-order valence-electron chi connectivity index (χ3n) is 2.63. The zero-order valence-corrected chi connectivity index (χ0v) is 10.6. The predicted molar refractivity (Wildman–Crippen MR) is 66.4 cm³/mol. The first kappa shape index (κ1) is 15.0. The Labute approximate surface area is 109 Å². The van der Waals surface area contributed by atoms with Crippen LogP contribution in [0.15, 0.2) is 12.1 Å². The van der Waals surface area contributed by atoms with Gasteiger partial charge in [-0.15, -0.1) is 0 Å². The molecule has 0 spiro atoms. The second-order valence-electron chi connectivity index (χ2n) is 4.26. The van der Waals surface area contributed by atoms with Crippen LogP contribution in [0.4, 0.5) is 10.1 Å². The molecule has 0 bridgehead atoms. The van der Waals surface area contributed by atoms with Crippen LogP contribution in [0.25, 0.3) is 0 Å². The molecule has 0 aliphatic rings. The van der Waals surface area contributed by atoms with Gasteiger partial charge in [0.1, 0.15) is 11.4 Å². The highest BCUT2D eigenvalue weighted by molar-refractivity contribution is 5.98. The molecule has 1 unspecified atom stereocenters. The molecule has 0 aromatic heterocycles. The smallest absolute Gasteiger partial charge is 0.285 e. The molecule has 0 saturated heterocycles. The summed E-state index contributed by atoms with van der Waals surface area (Å²) in [5.74, 6) is -1.43. The number of amides is 1. The van der Waals surface area contributed by atoms with Gasteiger partial charge in [-0.05, 0) is 32.4 Å². The van der Waals surface area contributed by atoms with Crippen molar-refractivity contribution in [3.63, 3.8) is 0 Å². The van der Waals surface area contributed by atoms with Crippen LogP contribution in [0.3, 0.4) is 0 Å². The number of rotatable bonds is 5. The number of benzene rings is 1. The number of hydrogen-bond donors (Lipinski definition) is 2. The summed E-state index contributed by atoms with van der Waals surface area (Å²) in [6.45, 7) is 2.90. The van der Waals surface area contributed by atoms with Gasteiger partial charge in [-0.2, -0.15) is 0 Å². The molecular formula is C12H15FN2O4. The fourth-order valence-corrected chi connectivity index (χ4v) is 1.72. The highest BCUT2D eigenvalue weighted by atomic mass is 19.1. The zero-order chi connectivity index (χ0) is 14.6. The number of hydrogen-bond acceptors (Lipinski definition) is 4. The second-order valence-corrected chi connectivity index (χ2v) is 4.26. The van der Waals surface area contributed by atoms with Crippen molar-refractivity contribution in [2.24, 2.45) is 0 Å². The molecule has 1 amide bonds. The molecule has 0 saturated carbocycles. The lowest BCUT2D eigenvalue weighted by atomic mass is 10.1. The Bertz CT molecular complexity index is 505. The van der Waals surface area contributed by atoms with Crippen LogP contribution in [0, 0.1) is 22.9 Å². The molecule has 0 heterocycles. The first-order valence-corrected chi connectivity index (χ1v) is 5.73. The van der Waals surface area contributed by atoms with Gasteiger partial charge >= 0.3 is 0 Å². The number of nitro groups is 1. The van der Waals surface area contributed by atoms with E-state index in [1.54, 1.807) is 6.92 Å². The van der Waals surface area contributed by atoms with Crippen molar-refractivity contribution in [3.05, 3.63) is 39.2 Å². The van der Waals surface area contributed by atoms with E-state index in [9.17, 15) is 19.3 Å². The van der Waals surface area contributed by atoms with Gasteiger partial charge in [-0.1, -0.05) is 0 Å². The van der Waals surface area contributed by atoms with Gasteiger partial charge in [0, 0.05) is 18.2 Å². The van der Waals surface area contributed by atoms with Gasteiger partial charge in [0.2, 0.25) is 0 Å². The summed E-state index contributed by atoms with van der Waals surface area (Å²) >= 11 is 0. The summed E-state index contributed by atoms with van der Waals surface area (Å²) in [6.07, 6.45) is 0.313. The fourth-order valence-electron chi connectivity index (χ4n) is 1.72. The largest absolute Gasteiger partial charge is 0.396 e. The Balaban J connectivity index is 3.11. The van der Waals surface area contributed by atoms with Crippen LogP contribution in [0.5, 0.6) is 0 Å². The lowest BCUT2D eigenvalue weighted by molar-refractivity contribution is -0.385. The SMILES string of the molecule is Cc1cc(F)cc(C(=O)NC(C)CCO)c1[N+](=O)[O-]. The van der Waals surface area contributed by atoms with Crippen molar-refractivity contribution in [1.82, 2.24) is 5.32 Å². The third-order valence-corrected chi connectivity index (χ3v) is 2.63. The normalized spacial score (nSPS) is 12.0. The van der Waals surface area contributed by atoms with E-state index >= 15 is 0 Å². The van der Waals surface area contributed by atoms with Crippen molar-refractivity contribution in [1.29, 1.82) is 0 Å². The summed E-state index contributed by atoms with van der Waals surface area (Å²) in [6, 6.07) is 1.48. The van der Waals surface area contributed by atoms with E-state index in [-0.39, 0.29) is 23.8 Å². The molecule has 1 aromatic carbocycles. The molecule has 0 aliphatic heterocycles. The molecule has 0 aliphatic carbocycles. The lowest BCUT2D eigenvalue weighted by Gasteiger charge is -2.13. The summed E-state index contributed by atoms with van der Waals surface area (Å²) in [5.41, 5.74) is -0.632. The molecular weight excluding hydrogens is 255 g/mol. The maximum absolute atomic E-state index is 13.3. The van der Waals surface area contributed by atoms with E-state index in [1.165, 1.54) is 6.92 Å². The van der Waals surface area contributed by atoms with Crippen molar-refractivity contribution in [3.8, 4) is 0 Å². The summed E-state index contributed by atoms with van der Waals surface area (Å²) in [4.78, 5) is 22.1. The molecule has 0 fully saturated rings. The Morgan fingerprint density at radius 3 is 2.74 bits per heavy atom. The number of carbonyl (C=O) groups excluding carboxylic acids is 1. The minimum atomic E-state index is -0.727. The Hall–Kier alpha value is -2.02. The number of aryl methyl sites for hydroxylation is 1. The molecule has 2 N–H and O–H groups in total. The van der Waals surface area contributed by atoms with Crippen molar-refractivity contribution >= 4 is 11.6 Å². The van der Waals surface area contributed by atoms with Crippen LogP contribution in [0.2, 0.25) is 0 Å². The van der Waals surface area contributed by atoms with Crippen molar-refractivity contribution in [2.75, 3.05) is 6.61 Å². The van der Waals surface area contributed by atoms with Gasteiger partial charge in [-0.3, -0.25) is 14.9 Å². The number of carbonyl (C=O) groups is 1. The molecule has 7 heteroatoms. The Morgan fingerprint density at radius 2 is 2.21 bits per heavy atom. The predicted octanol–water partition coefficient (Wildman–Crippen LogP) is 1.54. The fraction of sp³-hybridized carbons (Fsp3) is 0.417. The summed E-state index contributed by atoms with van der Waals surface area (Å²) < 4.78 is 13.3. The number of halogens is 1. The Kier molecular flexibility index (Phi) is 4.94. The monoisotopic (exact) mass is 270 g/mol. The van der Waals surface area contributed by atoms with Crippen LogP contribution in [0.1, 0.15) is 29.3 Å². The van der Waals surface area contributed by atoms with E-state index in [4.69, 9.17) is 5.11 Å². The van der Waals surface area contributed by atoms with E-state index in [0.717, 1.165) is 12.1 Å². The zero-order valence-electron chi connectivity index (χ0n) is 10.6. The summed E-state index contributed by atoms with van der Waals surface area (Å²) in [7, 11) is 0. The van der Waals surface area contributed by atoms with Gasteiger partial charge in [-0.25, -0.2) is 4.39 Å². The van der Waals surface area contributed by atoms with Crippen LogP contribution < -0.4 is 5.32 Å². The first-order valence-electron chi connectivity index (χ1n) is 5.73. The molecule has 6 nitrogen and oxygen atoms in total. The van der Waals surface area contributed by atoms with Gasteiger partial charge in [0.25, 0.3) is 11.6 Å². The van der Waals surface area contributed by atoms with Crippen molar-refractivity contribution in [2.45, 2.75) is 26.3 Å². The maximum atomic E-state index is 13.3. The number of nitrogens with one attached hydrogen (secondary N) is 1. The average Bonchev–Trinajstić information content (AvgIpc) is 2.27. The van der Waals surface area contributed by atoms with E-state index in [1.807, 2.05) is 0 Å². The van der Waals surface area contributed by atoms with E-state index in [2.05, 4.69) is 5.32 Å². The van der Waals surface area contributed by atoms with E-state index < -0.39 is 22.3 Å². The van der Waals surface area contributed by atoms with Gasteiger partial charge in [0.15, 0.2) is 0 Å². The Morgan fingerprint density at radius 1 is 1.58 bits per heavy atom. The van der Waals surface area contributed by atoms with Gasteiger partial charge in [0.05, 0.1) is 4.92 Å². The first-order chi connectivity index (χ1) is 8.86. The molecule has 104 valence electrons. The molecule has 19 heavy (non-hydrogen) atoms. The van der Waals surface area contributed by atoms with Gasteiger partial charge < -0.3 is 10.4 Å². The van der Waals surface area contributed by atoms with Crippen LogP contribution in [-0.2, 0) is 0 Å². The lowest BCUT2D eigenvalue weighted by Crippen LogP contribution is -2.33. The minimum absolute atomic E-state index is 0.0879. The number of aliphatic hydroxyl groups is 1. The standard InChI is InChI=1S/C12H15FN2O4/c1-7-5-9(13)6-10(11(7)15(18)19)12(17)14-8(2)3-4-16/h5-6,8,16H,3-4H2,1-2H3,(H,14,17). The molecule has 1 aromatic rings. The summed E-state index contributed by atoms with van der Waals surface area (Å²) in [5, 5.41) is 22.1.